The number of rotatable bonds is 5. The summed E-state index contributed by atoms with van der Waals surface area (Å²) in [5.74, 6) is 0.0617. The monoisotopic (exact) mass is 278 g/mol. The summed E-state index contributed by atoms with van der Waals surface area (Å²) in [7, 11) is -1.44. The number of methoxy groups -OCH3 is 1. The van der Waals surface area contributed by atoms with Crippen molar-refractivity contribution in [1.29, 1.82) is 0 Å². The topological polar surface area (TPSA) is 63.6 Å². The largest absolute Gasteiger partial charge is 0.387 e. The number of sulfone groups is 1. The second-order valence-electron chi connectivity index (χ2n) is 5.89. The SMILES string of the molecule is COCC(O)(C(C)C)C1CCCC(S(C)(=O)=O)C1. The molecule has 1 N–H and O–H groups in total. The smallest absolute Gasteiger partial charge is 0.150 e. The van der Waals surface area contributed by atoms with E-state index in [1.807, 2.05) is 13.8 Å². The third-order valence-electron chi connectivity index (χ3n) is 4.31. The lowest BCUT2D eigenvalue weighted by Crippen LogP contribution is -2.50. The van der Waals surface area contributed by atoms with Crippen LogP contribution in [0.2, 0.25) is 0 Å². The fourth-order valence-electron chi connectivity index (χ4n) is 2.97. The summed E-state index contributed by atoms with van der Waals surface area (Å²) in [6.45, 7) is 4.19. The van der Waals surface area contributed by atoms with Crippen LogP contribution in [0.25, 0.3) is 0 Å². The van der Waals surface area contributed by atoms with Gasteiger partial charge in [0, 0.05) is 13.4 Å². The molecule has 0 aromatic rings. The van der Waals surface area contributed by atoms with Crippen LogP contribution in [0.1, 0.15) is 39.5 Å². The molecule has 0 aromatic heterocycles. The van der Waals surface area contributed by atoms with Crippen LogP contribution in [0.15, 0.2) is 0 Å². The molecule has 0 bridgehead atoms. The highest BCUT2D eigenvalue weighted by molar-refractivity contribution is 7.91. The molecule has 18 heavy (non-hydrogen) atoms. The predicted molar refractivity (Wildman–Crippen MR) is 72.3 cm³/mol. The molecule has 0 aromatic carbocycles. The van der Waals surface area contributed by atoms with E-state index in [2.05, 4.69) is 0 Å². The molecular weight excluding hydrogens is 252 g/mol. The fourth-order valence-corrected chi connectivity index (χ4v) is 4.15. The van der Waals surface area contributed by atoms with Gasteiger partial charge in [0.05, 0.1) is 17.5 Å². The van der Waals surface area contributed by atoms with Crippen molar-refractivity contribution < 1.29 is 18.3 Å². The first kappa shape index (κ1) is 15.9. The van der Waals surface area contributed by atoms with Gasteiger partial charge >= 0.3 is 0 Å². The summed E-state index contributed by atoms with van der Waals surface area (Å²) in [5.41, 5.74) is -0.919. The summed E-state index contributed by atoms with van der Waals surface area (Å²) in [5, 5.41) is 10.5. The Balaban J connectivity index is 2.87. The maximum absolute atomic E-state index is 11.7. The van der Waals surface area contributed by atoms with Gasteiger partial charge in [-0.1, -0.05) is 20.3 Å². The summed E-state index contributed by atoms with van der Waals surface area (Å²) in [6, 6.07) is 0. The van der Waals surface area contributed by atoms with Crippen LogP contribution in [0.3, 0.4) is 0 Å². The molecular formula is C13H26O4S. The molecule has 0 heterocycles. The van der Waals surface area contributed by atoms with Crippen molar-refractivity contribution in [3.8, 4) is 0 Å². The summed E-state index contributed by atoms with van der Waals surface area (Å²) in [6.07, 6.45) is 4.31. The highest BCUT2D eigenvalue weighted by Crippen LogP contribution is 2.39. The van der Waals surface area contributed by atoms with Crippen molar-refractivity contribution in [3.05, 3.63) is 0 Å². The van der Waals surface area contributed by atoms with Crippen molar-refractivity contribution >= 4 is 9.84 Å². The molecule has 0 amide bonds. The lowest BCUT2D eigenvalue weighted by atomic mass is 9.72. The van der Waals surface area contributed by atoms with Gasteiger partial charge in [0.15, 0.2) is 0 Å². The Morgan fingerprint density at radius 3 is 2.44 bits per heavy atom. The molecule has 3 unspecified atom stereocenters. The molecule has 1 fully saturated rings. The molecule has 1 saturated carbocycles. The minimum Gasteiger partial charge on any atom is -0.387 e. The number of ether oxygens (including phenoxy) is 1. The Labute approximate surface area is 111 Å². The van der Waals surface area contributed by atoms with Crippen molar-refractivity contribution in [2.24, 2.45) is 11.8 Å². The van der Waals surface area contributed by atoms with Gasteiger partial charge in [0.2, 0.25) is 0 Å². The summed E-state index contributed by atoms with van der Waals surface area (Å²) < 4.78 is 28.5. The van der Waals surface area contributed by atoms with E-state index >= 15 is 0 Å². The van der Waals surface area contributed by atoms with Crippen LogP contribution in [0.5, 0.6) is 0 Å². The van der Waals surface area contributed by atoms with Crippen LogP contribution >= 0.6 is 0 Å². The summed E-state index contributed by atoms with van der Waals surface area (Å²) >= 11 is 0. The molecule has 0 saturated heterocycles. The van der Waals surface area contributed by atoms with E-state index in [1.165, 1.54) is 6.26 Å². The maximum atomic E-state index is 11.7. The molecule has 0 spiro atoms. The Hall–Kier alpha value is -0.130. The van der Waals surface area contributed by atoms with Gasteiger partial charge in [-0.05, 0) is 31.1 Å². The van der Waals surface area contributed by atoms with Crippen LogP contribution in [-0.4, -0.2) is 44.3 Å². The van der Waals surface area contributed by atoms with Crippen LogP contribution in [-0.2, 0) is 14.6 Å². The van der Waals surface area contributed by atoms with Crippen LogP contribution in [0, 0.1) is 11.8 Å². The zero-order valence-electron chi connectivity index (χ0n) is 11.8. The molecule has 0 aliphatic heterocycles. The molecule has 1 rings (SSSR count). The Morgan fingerprint density at radius 2 is 2.00 bits per heavy atom. The van der Waals surface area contributed by atoms with Gasteiger partial charge in [-0.15, -0.1) is 0 Å². The number of aliphatic hydroxyl groups is 1. The van der Waals surface area contributed by atoms with Gasteiger partial charge < -0.3 is 9.84 Å². The predicted octanol–water partition coefficient (Wildman–Crippen LogP) is 1.62. The van der Waals surface area contributed by atoms with Crippen molar-refractivity contribution in [2.45, 2.75) is 50.4 Å². The third-order valence-corrected chi connectivity index (χ3v) is 5.95. The van der Waals surface area contributed by atoms with Crippen molar-refractivity contribution in [3.63, 3.8) is 0 Å². The van der Waals surface area contributed by atoms with Gasteiger partial charge in [-0.2, -0.15) is 0 Å². The summed E-state index contributed by atoms with van der Waals surface area (Å²) in [4.78, 5) is 0. The third kappa shape index (κ3) is 3.45. The number of hydrogen-bond donors (Lipinski definition) is 1. The molecule has 0 radical (unpaired) electrons. The van der Waals surface area contributed by atoms with Gasteiger partial charge in [0.25, 0.3) is 0 Å². The zero-order chi connectivity index (χ0) is 14.0. The maximum Gasteiger partial charge on any atom is 0.150 e. The second-order valence-corrected chi connectivity index (χ2v) is 8.22. The molecule has 4 nitrogen and oxygen atoms in total. The second kappa shape index (κ2) is 5.88. The Morgan fingerprint density at radius 1 is 1.39 bits per heavy atom. The van der Waals surface area contributed by atoms with Crippen LogP contribution in [0.4, 0.5) is 0 Å². The fraction of sp³-hybridized carbons (Fsp3) is 1.00. The minimum atomic E-state index is -3.01. The lowest BCUT2D eigenvalue weighted by Gasteiger charge is -2.42. The highest BCUT2D eigenvalue weighted by atomic mass is 32.2. The molecule has 1 aliphatic carbocycles. The lowest BCUT2D eigenvalue weighted by molar-refractivity contribution is -0.114. The van der Waals surface area contributed by atoms with E-state index in [0.717, 1.165) is 19.3 Å². The first-order chi connectivity index (χ1) is 8.21. The average Bonchev–Trinajstić information content (AvgIpc) is 2.28. The average molecular weight is 278 g/mol. The van der Waals surface area contributed by atoms with Gasteiger partial charge in [0.1, 0.15) is 9.84 Å². The van der Waals surface area contributed by atoms with Crippen molar-refractivity contribution in [2.75, 3.05) is 20.0 Å². The van der Waals surface area contributed by atoms with E-state index in [-0.39, 0.29) is 23.7 Å². The molecule has 5 heteroatoms. The molecule has 108 valence electrons. The minimum absolute atomic E-state index is 0.00549. The highest BCUT2D eigenvalue weighted by Gasteiger charge is 2.43. The normalized spacial score (nSPS) is 29.2. The van der Waals surface area contributed by atoms with Crippen LogP contribution < -0.4 is 0 Å². The first-order valence-corrected chi connectivity index (χ1v) is 8.57. The van der Waals surface area contributed by atoms with E-state index in [9.17, 15) is 13.5 Å². The Bertz CT molecular complexity index is 363. The van der Waals surface area contributed by atoms with E-state index in [4.69, 9.17) is 4.74 Å². The van der Waals surface area contributed by atoms with Gasteiger partial charge in [-0.3, -0.25) is 0 Å². The first-order valence-electron chi connectivity index (χ1n) is 6.62. The van der Waals surface area contributed by atoms with E-state index in [0.29, 0.717) is 6.42 Å². The van der Waals surface area contributed by atoms with Crippen molar-refractivity contribution in [1.82, 2.24) is 0 Å². The Kier molecular flexibility index (Phi) is 5.21. The standard InChI is InChI=1S/C13H26O4S/c1-10(2)13(14,9-17-3)11-6-5-7-12(8-11)18(4,15)16/h10-12,14H,5-9H2,1-4H3. The van der Waals surface area contributed by atoms with E-state index < -0.39 is 15.4 Å². The van der Waals surface area contributed by atoms with Gasteiger partial charge in [-0.25, -0.2) is 8.42 Å². The van der Waals surface area contributed by atoms with E-state index in [1.54, 1.807) is 7.11 Å². The quantitative estimate of drug-likeness (QED) is 0.830. The molecule has 3 atom stereocenters. The zero-order valence-corrected chi connectivity index (χ0v) is 12.7. The number of hydrogen-bond acceptors (Lipinski definition) is 4. The molecule has 1 aliphatic rings.